The highest BCUT2D eigenvalue weighted by atomic mass is 19.4. The fourth-order valence-corrected chi connectivity index (χ4v) is 3.97. The van der Waals surface area contributed by atoms with Crippen molar-refractivity contribution < 1.29 is 26.7 Å². The number of nitrogens with two attached hydrogens (primary N) is 1. The van der Waals surface area contributed by atoms with E-state index in [1.54, 1.807) is 32.0 Å². The van der Waals surface area contributed by atoms with Gasteiger partial charge in [-0.05, 0) is 74.9 Å². The van der Waals surface area contributed by atoms with Gasteiger partial charge in [0.15, 0.2) is 0 Å². The minimum atomic E-state index is -4.61. The first-order valence-electron chi connectivity index (χ1n) is 9.74. The average Bonchev–Trinajstić information content (AvgIpc) is 2.59. The van der Waals surface area contributed by atoms with Crippen molar-refractivity contribution in [1.82, 2.24) is 0 Å². The maximum absolute atomic E-state index is 13.9. The molecule has 0 spiro atoms. The third-order valence-electron chi connectivity index (χ3n) is 5.69. The minimum absolute atomic E-state index is 0.0387. The lowest BCUT2D eigenvalue weighted by Gasteiger charge is -2.32. The van der Waals surface area contributed by atoms with Crippen LogP contribution in [0.5, 0.6) is 5.75 Å². The summed E-state index contributed by atoms with van der Waals surface area (Å²) < 4.78 is 74.3. The van der Waals surface area contributed by atoms with Crippen LogP contribution in [0.2, 0.25) is 0 Å². The normalized spacial score (nSPS) is 21.4. The smallest absolute Gasteiger partial charge is 0.420 e. The molecule has 2 N–H and O–H groups in total. The van der Waals surface area contributed by atoms with Crippen LogP contribution >= 0.6 is 0 Å². The van der Waals surface area contributed by atoms with Crippen LogP contribution < -0.4 is 10.5 Å². The number of hydrogen-bond acceptors (Lipinski definition) is 2. The van der Waals surface area contributed by atoms with Gasteiger partial charge in [-0.2, -0.15) is 13.2 Å². The molecular weight excluding hydrogens is 389 g/mol. The summed E-state index contributed by atoms with van der Waals surface area (Å²) >= 11 is 0. The summed E-state index contributed by atoms with van der Waals surface area (Å²) in [6, 6.07) is 7.57. The maximum atomic E-state index is 13.9. The van der Waals surface area contributed by atoms with Crippen molar-refractivity contribution in [3.05, 3.63) is 41.5 Å². The molecule has 1 fully saturated rings. The lowest BCUT2D eigenvalue weighted by atomic mass is 9.83. The largest absolute Gasteiger partial charge is 0.490 e. The quantitative estimate of drug-likeness (QED) is 0.568. The summed E-state index contributed by atoms with van der Waals surface area (Å²) in [4.78, 5) is 0. The van der Waals surface area contributed by atoms with Gasteiger partial charge in [0.2, 0.25) is 5.92 Å². The Morgan fingerprint density at radius 1 is 0.897 bits per heavy atom. The first-order chi connectivity index (χ1) is 13.3. The molecule has 2 aromatic carbocycles. The molecule has 0 heterocycles. The molecule has 0 amide bonds. The standard InChI is InChI=1S/C22H26F5NO/c1-20(2,28)15-7-10-17-13(12-15)4-11-18(19(17)22(25,26)27)29-16-8-5-14(6-9-16)21(3,23)24/h4,7,10-12,14,16H,5-6,8-9,28H2,1-3H3/t14-,16-. The van der Waals surface area contributed by atoms with E-state index in [1.165, 1.54) is 12.1 Å². The predicted molar refractivity (Wildman–Crippen MR) is 103 cm³/mol. The molecule has 1 saturated carbocycles. The van der Waals surface area contributed by atoms with Crippen LogP contribution in [-0.2, 0) is 11.7 Å². The Hall–Kier alpha value is -1.89. The molecule has 29 heavy (non-hydrogen) atoms. The monoisotopic (exact) mass is 415 g/mol. The Balaban J connectivity index is 1.92. The highest BCUT2D eigenvalue weighted by Crippen LogP contribution is 2.44. The lowest BCUT2D eigenvalue weighted by molar-refractivity contribution is -0.138. The summed E-state index contributed by atoms with van der Waals surface area (Å²) in [5.74, 6) is -3.78. The predicted octanol–water partition coefficient (Wildman–Crippen LogP) is 6.65. The van der Waals surface area contributed by atoms with Crippen LogP contribution in [0.3, 0.4) is 0 Å². The van der Waals surface area contributed by atoms with Gasteiger partial charge in [-0.25, -0.2) is 8.78 Å². The van der Waals surface area contributed by atoms with Gasteiger partial charge >= 0.3 is 6.18 Å². The second-order valence-electron chi connectivity index (χ2n) is 8.64. The number of ether oxygens (including phenoxy) is 1. The molecular formula is C22H26F5NO. The van der Waals surface area contributed by atoms with Crippen LogP contribution in [0.4, 0.5) is 22.0 Å². The molecule has 0 bridgehead atoms. The summed E-state index contributed by atoms with van der Waals surface area (Å²) in [5.41, 5.74) is 5.28. The highest BCUT2D eigenvalue weighted by Gasteiger charge is 2.40. The number of halogens is 5. The molecule has 0 atom stereocenters. The number of rotatable bonds is 4. The Bertz CT molecular complexity index is 872. The summed E-state index contributed by atoms with van der Waals surface area (Å²) in [7, 11) is 0. The molecule has 160 valence electrons. The molecule has 0 radical (unpaired) electrons. The van der Waals surface area contributed by atoms with Gasteiger partial charge < -0.3 is 10.5 Å². The molecule has 0 unspecified atom stereocenters. The third-order valence-corrected chi connectivity index (χ3v) is 5.69. The molecule has 1 aliphatic rings. The van der Waals surface area contributed by atoms with Gasteiger partial charge in [0.05, 0.1) is 6.10 Å². The second kappa shape index (κ2) is 7.42. The van der Waals surface area contributed by atoms with Crippen molar-refractivity contribution in [2.45, 2.75) is 70.2 Å². The van der Waals surface area contributed by atoms with E-state index in [4.69, 9.17) is 10.5 Å². The zero-order chi connectivity index (χ0) is 21.6. The van der Waals surface area contributed by atoms with E-state index in [-0.39, 0.29) is 24.0 Å². The number of benzene rings is 2. The highest BCUT2D eigenvalue weighted by molar-refractivity contribution is 5.89. The Morgan fingerprint density at radius 2 is 1.52 bits per heavy atom. The summed E-state index contributed by atoms with van der Waals surface area (Å²) in [5, 5.41) is 0.465. The number of alkyl halides is 5. The van der Waals surface area contributed by atoms with Crippen molar-refractivity contribution in [2.75, 3.05) is 0 Å². The second-order valence-corrected chi connectivity index (χ2v) is 8.64. The summed E-state index contributed by atoms with van der Waals surface area (Å²) in [6.45, 7) is 4.46. The molecule has 0 aromatic heterocycles. The van der Waals surface area contributed by atoms with Gasteiger partial charge in [0, 0.05) is 11.5 Å². The molecule has 0 aliphatic heterocycles. The van der Waals surface area contributed by atoms with Crippen LogP contribution in [0.1, 0.15) is 57.6 Å². The van der Waals surface area contributed by atoms with E-state index in [1.807, 2.05) is 0 Å². The van der Waals surface area contributed by atoms with Gasteiger partial charge in [0.1, 0.15) is 11.3 Å². The van der Waals surface area contributed by atoms with E-state index in [2.05, 4.69) is 0 Å². The fraction of sp³-hybridized carbons (Fsp3) is 0.545. The molecule has 2 nitrogen and oxygen atoms in total. The van der Waals surface area contributed by atoms with Crippen LogP contribution in [0, 0.1) is 5.92 Å². The van der Waals surface area contributed by atoms with Crippen LogP contribution in [0.25, 0.3) is 10.8 Å². The van der Waals surface area contributed by atoms with Gasteiger partial charge in [-0.3, -0.25) is 0 Å². The van der Waals surface area contributed by atoms with Gasteiger partial charge in [0.25, 0.3) is 0 Å². The van der Waals surface area contributed by atoms with Crippen molar-refractivity contribution in [3.8, 4) is 5.75 Å². The fourth-order valence-electron chi connectivity index (χ4n) is 3.97. The summed E-state index contributed by atoms with van der Waals surface area (Å²) in [6.07, 6.45) is -4.03. The minimum Gasteiger partial charge on any atom is -0.490 e. The van der Waals surface area contributed by atoms with E-state index in [0.29, 0.717) is 18.2 Å². The van der Waals surface area contributed by atoms with Crippen LogP contribution in [0.15, 0.2) is 30.3 Å². The lowest BCUT2D eigenvalue weighted by Crippen LogP contribution is -2.33. The molecule has 0 saturated heterocycles. The van der Waals surface area contributed by atoms with E-state index in [0.717, 1.165) is 12.5 Å². The van der Waals surface area contributed by atoms with E-state index in [9.17, 15) is 22.0 Å². The SMILES string of the molecule is CC(C)(N)c1ccc2c(C(F)(F)F)c(O[C@H]3CC[C@H](C(C)(F)F)CC3)ccc2c1. The first kappa shape index (κ1) is 21.8. The average molecular weight is 415 g/mol. The topological polar surface area (TPSA) is 35.2 Å². The van der Waals surface area contributed by atoms with E-state index >= 15 is 0 Å². The maximum Gasteiger partial charge on any atom is 0.420 e. The molecule has 1 aliphatic carbocycles. The van der Waals surface area contributed by atoms with E-state index < -0.39 is 35.2 Å². The van der Waals surface area contributed by atoms with Crippen LogP contribution in [-0.4, -0.2) is 12.0 Å². The van der Waals surface area contributed by atoms with Gasteiger partial charge in [-0.1, -0.05) is 18.2 Å². The Morgan fingerprint density at radius 3 is 2.03 bits per heavy atom. The third kappa shape index (κ3) is 4.82. The van der Waals surface area contributed by atoms with Crippen molar-refractivity contribution in [2.24, 2.45) is 11.7 Å². The number of hydrogen-bond donors (Lipinski definition) is 1. The Labute approximate surface area is 167 Å². The first-order valence-corrected chi connectivity index (χ1v) is 9.74. The number of fused-ring (bicyclic) bond motifs is 1. The molecule has 7 heteroatoms. The van der Waals surface area contributed by atoms with Gasteiger partial charge in [-0.15, -0.1) is 0 Å². The molecule has 2 aromatic rings. The zero-order valence-corrected chi connectivity index (χ0v) is 16.7. The Kier molecular flexibility index (Phi) is 5.58. The van der Waals surface area contributed by atoms with Crippen molar-refractivity contribution in [3.63, 3.8) is 0 Å². The zero-order valence-electron chi connectivity index (χ0n) is 16.7. The molecule has 3 rings (SSSR count). The van der Waals surface area contributed by atoms with Crippen molar-refractivity contribution in [1.29, 1.82) is 0 Å². The van der Waals surface area contributed by atoms with Crippen molar-refractivity contribution >= 4 is 10.8 Å².